The molecule has 1 saturated carbocycles. The van der Waals surface area contributed by atoms with Crippen LogP contribution in [0.25, 0.3) is 0 Å². The Balaban J connectivity index is 1.83. The van der Waals surface area contributed by atoms with Crippen LogP contribution in [0.3, 0.4) is 0 Å². The smallest absolute Gasteiger partial charge is 0.399 e. The third-order valence-electron chi connectivity index (χ3n) is 4.77. The standard InChI is InChI=1S/C15H23BN2O2/c1-14(2)15(3,4)20-16(19-14)11-8-13(10-17-9-11)18(5)12-6-7-12/h8-10,12H,6-7H2,1-5H3. The molecule has 0 bridgehead atoms. The van der Waals surface area contributed by atoms with Gasteiger partial charge in [0.15, 0.2) is 0 Å². The topological polar surface area (TPSA) is 34.6 Å². The second-order valence-electron chi connectivity index (χ2n) is 6.91. The first-order valence-corrected chi connectivity index (χ1v) is 7.33. The van der Waals surface area contributed by atoms with E-state index in [9.17, 15) is 0 Å². The molecule has 2 fully saturated rings. The fraction of sp³-hybridized carbons (Fsp3) is 0.667. The second kappa shape index (κ2) is 4.47. The van der Waals surface area contributed by atoms with Crippen LogP contribution in [-0.4, -0.2) is 36.4 Å². The molecule has 0 unspecified atom stereocenters. The average Bonchev–Trinajstić information content (AvgIpc) is 3.17. The maximum Gasteiger partial charge on any atom is 0.496 e. The van der Waals surface area contributed by atoms with Crippen molar-refractivity contribution in [2.45, 2.75) is 57.8 Å². The van der Waals surface area contributed by atoms with E-state index in [1.54, 1.807) is 0 Å². The zero-order valence-electron chi connectivity index (χ0n) is 13.0. The number of anilines is 1. The summed E-state index contributed by atoms with van der Waals surface area (Å²) in [7, 11) is 1.79. The van der Waals surface area contributed by atoms with Gasteiger partial charge in [0.1, 0.15) is 0 Å². The molecule has 3 rings (SSSR count). The van der Waals surface area contributed by atoms with Crippen molar-refractivity contribution in [1.82, 2.24) is 4.98 Å². The van der Waals surface area contributed by atoms with Crippen LogP contribution in [0.4, 0.5) is 5.69 Å². The van der Waals surface area contributed by atoms with E-state index < -0.39 is 0 Å². The lowest BCUT2D eigenvalue weighted by molar-refractivity contribution is 0.00578. The highest BCUT2D eigenvalue weighted by Crippen LogP contribution is 2.36. The Kier molecular flexibility index (Phi) is 3.10. The lowest BCUT2D eigenvalue weighted by Crippen LogP contribution is -2.41. The molecule has 1 aliphatic heterocycles. The summed E-state index contributed by atoms with van der Waals surface area (Å²) in [4.78, 5) is 6.65. The van der Waals surface area contributed by atoms with Crippen LogP contribution in [0, 0.1) is 0 Å². The fourth-order valence-electron chi connectivity index (χ4n) is 2.42. The van der Waals surface area contributed by atoms with Crippen molar-refractivity contribution in [2.24, 2.45) is 0 Å². The molecular weight excluding hydrogens is 251 g/mol. The highest BCUT2D eigenvalue weighted by molar-refractivity contribution is 6.62. The third-order valence-corrected chi connectivity index (χ3v) is 4.77. The first-order chi connectivity index (χ1) is 9.30. The molecule has 2 aliphatic rings. The van der Waals surface area contributed by atoms with Crippen molar-refractivity contribution in [3.05, 3.63) is 18.5 Å². The highest BCUT2D eigenvalue weighted by Gasteiger charge is 2.51. The van der Waals surface area contributed by atoms with E-state index in [0.717, 1.165) is 11.2 Å². The van der Waals surface area contributed by atoms with Gasteiger partial charge >= 0.3 is 7.12 Å². The summed E-state index contributed by atoms with van der Waals surface area (Å²) in [6.07, 6.45) is 6.30. The van der Waals surface area contributed by atoms with Gasteiger partial charge in [-0.25, -0.2) is 0 Å². The number of hydrogen-bond donors (Lipinski definition) is 0. The molecule has 0 amide bonds. The van der Waals surface area contributed by atoms with E-state index in [-0.39, 0.29) is 18.3 Å². The maximum absolute atomic E-state index is 6.08. The number of rotatable bonds is 3. The van der Waals surface area contributed by atoms with Crippen LogP contribution in [0.1, 0.15) is 40.5 Å². The Morgan fingerprint density at radius 1 is 1.15 bits per heavy atom. The molecule has 4 nitrogen and oxygen atoms in total. The van der Waals surface area contributed by atoms with Crippen LogP contribution >= 0.6 is 0 Å². The summed E-state index contributed by atoms with van der Waals surface area (Å²) in [5.41, 5.74) is 1.51. The quantitative estimate of drug-likeness (QED) is 0.789. The minimum atomic E-state index is -0.333. The van der Waals surface area contributed by atoms with E-state index in [1.807, 2.05) is 12.4 Å². The summed E-state index contributed by atoms with van der Waals surface area (Å²) in [6.45, 7) is 8.28. The minimum Gasteiger partial charge on any atom is -0.399 e. The van der Waals surface area contributed by atoms with Gasteiger partial charge in [0.05, 0.1) is 23.1 Å². The first-order valence-electron chi connectivity index (χ1n) is 7.33. The molecule has 0 aromatic carbocycles. The Hall–Kier alpha value is -1.07. The van der Waals surface area contributed by atoms with Crippen molar-refractivity contribution in [3.8, 4) is 0 Å². The van der Waals surface area contributed by atoms with Gasteiger partial charge in [-0.05, 0) is 46.6 Å². The monoisotopic (exact) mass is 274 g/mol. The van der Waals surface area contributed by atoms with Gasteiger partial charge in [0, 0.05) is 24.7 Å². The van der Waals surface area contributed by atoms with Gasteiger partial charge in [0.2, 0.25) is 0 Å². The average molecular weight is 274 g/mol. The number of pyridine rings is 1. The van der Waals surface area contributed by atoms with E-state index in [2.05, 4.69) is 50.7 Å². The molecule has 0 spiro atoms. The van der Waals surface area contributed by atoms with Crippen LogP contribution in [0.2, 0.25) is 0 Å². The van der Waals surface area contributed by atoms with Gasteiger partial charge in [0.25, 0.3) is 0 Å². The first kappa shape index (κ1) is 13.9. The molecule has 2 heterocycles. The number of hydrogen-bond acceptors (Lipinski definition) is 4. The number of nitrogens with zero attached hydrogens (tertiary/aromatic N) is 2. The van der Waals surface area contributed by atoms with Gasteiger partial charge in [-0.15, -0.1) is 0 Å². The van der Waals surface area contributed by atoms with Crippen molar-refractivity contribution >= 4 is 18.3 Å². The minimum absolute atomic E-state index is 0.309. The van der Waals surface area contributed by atoms with Crippen molar-refractivity contribution in [2.75, 3.05) is 11.9 Å². The highest BCUT2D eigenvalue weighted by atomic mass is 16.7. The summed E-state index contributed by atoms with van der Waals surface area (Å²) < 4.78 is 12.2. The van der Waals surface area contributed by atoms with E-state index in [0.29, 0.717) is 6.04 Å². The fourth-order valence-corrected chi connectivity index (χ4v) is 2.42. The lowest BCUT2D eigenvalue weighted by Gasteiger charge is -2.32. The normalized spacial score (nSPS) is 23.9. The predicted octanol–water partition coefficient (Wildman–Crippen LogP) is 1.98. The van der Waals surface area contributed by atoms with Crippen molar-refractivity contribution < 1.29 is 9.31 Å². The van der Waals surface area contributed by atoms with Gasteiger partial charge in [-0.3, -0.25) is 4.98 Å². The second-order valence-corrected chi connectivity index (χ2v) is 6.91. The molecule has 108 valence electrons. The maximum atomic E-state index is 6.08. The van der Waals surface area contributed by atoms with Crippen LogP contribution in [0.15, 0.2) is 18.5 Å². The SMILES string of the molecule is CN(c1cncc(B2OC(C)(C)C(C)(C)O2)c1)C1CC1. The Bertz CT molecular complexity index is 498. The van der Waals surface area contributed by atoms with E-state index in [4.69, 9.17) is 9.31 Å². The van der Waals surface area contributed by atoms with Crippen molar-refractivity contribution in [1.29, 1.82) is 0 Å². The zero-order valence-corrected chi connectivity index (χ0v) is 13.0. The zero-order chi connectivity index (χ0) is 14.5. The van der Waals surface area contributed by atoms with Crippen LogP contribution in [0.5, 0.6) is 0 Å². The largest absolute Gasteiger partial charge is 0.496 e. The van der Waals surface area contributed by atoms with Crippen LogP contribution < -0.4 is 10.4 Å². The van der Waals surface area contributed by atoms with Gasteiger partial charge in [-0.1, -0.05) is 0 Å². The summed E-state index contributed by atoms with van der Waals surface area (Å²) in [6, 6.07) is 2.80. The summed E-state index contributed by atoms with van der Waals surface area (Å²) >= 11 is 0. The Labute approximate surface area is 121 Å². The molecule has 1 aromatic rings. The molecule has 0 N–H and O–H groups in total. The molecular formula is C15H23BN2O2. The summed E-state index contributed by atoms with van der Waals surface area (Å²) in [5, 5.41) is 0. The molecule has 0 radical (unpaired) electrons. The van der Waals surface area contributed by atoms with E-state index >= 15 is 0 Å². The third kappa shape index (κ3) is 2.33. The number of aromatic nitrogens is 1. The molecule has 0 atom stereocenters. The van der Waals surface area contributed by atoms with Gasteiger partial charge < -0.3 is 14.2 Å². The molecule has 5 heteroatoms. The Morgan fingerprint density at radius 3 is 2.30 bits per heavy atom. The summed E-state index contributed by atoms with van der Waals surface area (Å²) in [5.74, 6) is 0. The Morgan fingerprint density at radius 2 is 1.75 bits per heavy atom. The van der Waals surface area contributed by atoms with Crippen molar-refractivity contribution in [3.63, 3.8) is 0 Å². The molecule has 20 heavy (non-hydrogen) atoms. The molecule has 1 aromatic heterocycles. The van der Waals surface area contributed by atoms with Crippen LogP contribution in [-0.2, 0) is 9.31 Å². The van der Waals surface area contributed by atoms with E-state index in [1.165, 1.54) is 12.8 Å². The molecule has 1 aliphatic carbocycles. The lowest BCUT2D eigenvalue weighted by atomic mass is 9.80. The molecule has 1 saturated heterocycles. The predicted molar refractivity (Wildman–Crippen MR) is 81.4 cm³/mol. The van der Waals surface area contributed by atoms with Gasteiger partial charge in [-0.2, -0.15) is 0 Å².